The molecule has 25 heavy (non-hydrogen) atoms. The Labute approximate surface area is 146 Å². The van der Waals surface area contributed by atoms with Gasteiger partial charge in [-0.2, -0.15) is 0 Å². The van der Waals surface area contributed by atoms with Crippen molar-refractivity contribution in [3.63, 3.8) is 0 Å². The molecule has 1 aromatic carbocycles. The molecule has 0 radical (unpaired) electrons. The molecule has 1 aromatic rings. The average molecular weight is 349 g/mol. The van der Waals surface area contributed by atoms with Crippen LogP contribution in [-0.4, -0.2) is 71.5 Å². The number of nitro benzene ring substituents is 2. The molecule has 9 nitrogen and oxygen atoms in total. The number of hydrogen-bond donors (Lipinski definition) is 0. The second kappa shape index (κ2) is 7.32. The van der Waals surface area contributed by atoms with Gasteiger partial charge in [-0.15, -0.1) is 0 Å². The lowest BCUT2D eigenvalue weighted by molar-refractivity contribution is -0.393. The van der Waals surface area contributed by atoms with Gasteiger partial charge in [-0.05, 0) is 19.0 Å². The van der Waals surface area contributed by atoms with Gasteiger partial charge < -0.3 is 9.80 Å². The fourth-order valence-corrected chi connectivity index (χ4v) is 3.74. The highest BCUT2D eigenvalue weighted by atomic mass is 16.6. The Hall–Kier alpha value is -2.26. The highest BCUT2D eigenvalue weighted by Gasteiger charge is 2.33. The van der Waals surface area contributed by atoms with E-state index in [1.807, 2.05) is 4.90 Å². The molecule has 0 spiro atoms. The minimum Gasteiger partial charge on any atom is -0.364 e. The van der Waals surface area contributed by atoms with Crippen molar-refractivity contribution in [1.82, 2.24) is 9.80 Å². The number of nitrogens with zero attached hydrogens (tertiary/aromatic N) is 5. The molecule has 0 saturated carbocycles. The second-order valence-electron chi connectivity index (χ2n) is 6.55. The first-order chi connectivity index (χ1) is 12.0. The van der Waals surface area contributed by atoms with E-state index in [9.17, 15) is 20.2 Å². The summed E-state index contributed by atoms with van der Waals surface area (Å²) in [5.74, 6) is 0. The summed E-state index contributed by atoms with van der Waals surface area (Å²) >= 11 is 0. The van der Waals surface area contributed by atoms with E-state index in [1.165, 1.54) is 12.1 Å². The maximum Gasteiger partial charge on any atom is 0.299 e. The van der Waals surface area contributed by atoms with Gasteiger partial charge in [0.05, 0.1) is 15.9 Å². The van der Waals surface area contributed by atoms with Gasteiger partial charge in [-0.1, -0.05) is 6.92 Å². The Morgan fingerprint density at radius 1 is 1.08 bits per heavy atom. The van der Waals surface area contributed by atoms with Crippen LogP contribution in [0.5, 0.6) is 0 Å². The number of benzene rings is 1. The number of hydrogen-bond acceptors (Lipinski definition) is 7. The molecule has 136 valence electrons. The Kier molecular flexibility index (Phi) is 5.14. The molecule has 2 aliphatic heterocycles. The summed E-state index contributed by atoms with van der Waals surface area (Å²) in [6.45, 7) is 8.86. The van der Waals surface area contributed by atoms with Crippen molar-refractivity contribution in [1.29, 1.82) is 0 Å². The van der Waals surface area contributed by atoms with Gasteiger partial charge in [0, 0.05) is 51.4 Å². The molecule has 0 aromatic heterocycles. The number of non-ortho nitro benzene ring substituents is 1. The zero-order chi connectivity index (χ0) is 18.0. The molecular weight excluding hydrogens is 326 g/mol. The van der Waals surface area contributed by atoms with E-state index in [1.54, 1.807) is 0 Å². The third-order valence-electron chi connectivity index (χ3n) is 5.24. The van der Waals surface area contributed by atoms with Crippen LogP contribution in [0.25, 0.3) is 0 Å². The molecule has 1 atom stereocenters. The number of piperazine rings is 1. The van der Waals surface area contributed by atoms with Gasteiger partial charge in [0.15, 0.2) is 0 Å². The summed E-state index contributed by atoms with van der Waals surface area (Å²) in [5, 5.41) is 22.2. The van der Waals surface area contributed by atoms with Crippen molar-refractivity contribution in [3.8, 4) is 0 Å². The molecule has 0 aliphatic carbocycles. The van der Waals surface area contributed by atoms with E-state index in [-0.39, 0.29) is 11.4 Å². The Bertz CT molecular complexity index is 660. The lowest BCUT2D eigenvalue weighted by atomic mass is 10.2. The van der Waals surface area contributed by atoms with Gasteiger partial charge in [0.1, 0.15) is 5.69 Å². The van der Waals surface area contributed by atoms with E-state index < -0.39 is 9.85 Å². The Balaban J connectivity index is 1.71. The van der Waals surface area contributed by atoms with Crippen LogP contribution in [0.2, 0.25) is 0 Å². The van der Waals surface area contributed by atoms with Gasteiger partial charge >= 0.3 is 0 Å². The predicted octanol–water partition coefficient (Wildman–Crippen LogP) is 1.72. The quantitative estimate of drug-likeness (QED) is 0.590. The summed E-state index contributed by atoms with van der Waals surface area (Å²) < 4.78 is 0. The van der Waals surface area contributed by atoms with E-state index in [0.29, 0.717) is 11.7 Å². The first-order valence-corrected chi connectivity index (χ1v) is 8.63. The molecule has 2 saturated heterocycles. The van der Waals surface area contributed by atoms with E-state index in [4.69, 9.17) is 0 Å². The molecular formula is C16H23N5O4. The summed E-state index contributed by atoms with van der Waals surface area (Å²) in [4.78, 5) is 28.0. The number of anilines is 1. The summed E-state index contributed by atoms with van der Waals surface area (Å²) in [5.41, 5.74) is 0.0397. The largest absolute Gasteiger partial charge is 0.364 e. The lowest BCUT2D eigenvalue weighted by Gasteiger charge is -2.37. The van der Waals surface area contributed by atoms with Crippen LogP contribution in [0.15, 0.2) is 18.2 Å². The summed E-state index contributed by atoms with van der Waals surface area (Å²) in [6.07, 6.45) is 0.959. The topological polar surface area (TPSA) is 96.0 Å². The van der Waals surface area contributed by atoms with Crippen LogP contribution in [0, 0.1) is 20.2 Å². The van der Waals surface area contributed by atoms with Crippen LogP contribution in [0.1, 0.15) is 13.3 Å². The zero-order valence-corrected chi connectivity index (χ0v) is 14.3. The van der Waals surface area contributed by atoms with Gasteiger partial charge in [-0.3, -0.25) is 25.1 Å². The smallest absolute Gasteiger partial charge is 0.299 e. The van der Waals surface area contributed by atoms with Gasteiger partial charge in [0.25, 0.3) is 11.4 Å². The zero-order valence-electron chi connectivity index (χ0n) is 14.3. The lowest BCUT2D eigenvalue weighted by Crippen LogP contribution is -2.50. The highest BCUT2D eigenvalue weighted by molar-refractivity contribution is 5.67. The van der Waals surface area contributed by atoms with Crippen LogP contribution < -0.4 is 4.90 Å². The molecule has 2 fully saturated rings. The number of likely N-dealkylation sites (N-methyl/N-ethyl adjacent to an activating group) is 1. The first kappa shape index (κ1) is 17.6. The maximum atomic E-state index is 11.3. The molecule has 2 aliphatic rings. The predicted molar refractivity (Wildman–Crippen MR) is 94.1 cm³/mol. The normalized spacial score (nSPS) is 22.3. The SMILES string of the molecule is CCN1CCN(C2CCN(c3ccc([N+](=O)[O-])cc3[N+](=O)[O-])C2)CC1. The van der Waals surface area contributed by atoms with Gasteiger partial charge in [-0.25, -0.2) is 0 Å². The van der Waals surface area contributed by atoms with Crippen LogP contribution in [-0.2, 0) is 0 Å². The van der Waals surface area contributed by atoms with E-state index in [0.717, 1.165) is 58.3 Å². The Morgan fingerprint density at radius 2 is 1.80 bits per heavy atom. The van der Waals surface area contributed by atoms with Crippen molar-refractivity contribution in [2.24, 2.45) is 0 Å². The van der Waals surface area contributed by atoms with Crippen molar-refractivity contribution in [2.75, 3.05) is 50.7 Å². The first-order valence-electron chi connectivity index (χ1n) is 8.63. The fraction of sp³-hybridized carbons (Fsp3) is 0.625. The minimum absolute atomic E-state index is 0.189. The summed E-state index contributed by atoms with van der Waals surface area (Å²) in [7, 11) is 0. The molecule has 1 unspecified atom stereocenters. The number of nitro groups is 2. The van der Waals surface area contributed by atoms with Crippen molar-refractivity contribution >= 4 is 17.1 Å². The van der Waals surface area contributed by atoms with Crippen molar-refractivity contribution < 1.29 is 9.85 Å². The third-order valence-corrected chi connectivity index (χ3v) is 5.24. The summed E-state index contributed by atoms with van der Waals surface area (Å²) in [6, 6.07) is 4.29. The average Bonchev–Trinajstić information content (AvgIpc) is 3.11. The third kappa shape index (κ3) is 3.72. The van der Waals surface area contributed by atoms with Gasteiger partial charge in [0.2, 0.25) is 0 Å². The second-order valence-corrected chi connectivity index (χ2v) is 6.55. The molecule has 0 amide bonds. The van der Waals surface area contributed by atoms with Crippen LogP contribution in [0.4, 0.5) is 17.1 Å². The van der Waals surface area contributed by atoms with Crippen LogP contribution in [0.3, 0.4) is 0 Å². The van der Waals surface area contributed by atoms with E-state index >= 15 is 0 Å². The maximum absolute atomic E-state index is 11.3. The minimum atomic E-state index is -0.600. The molecule has 2 heterocycles. The molecule has 0 N–H and O–H groups in total. The Morgan fingerprint density at radius 3 is 2.40 bits per heavy atom. The molecule has 0 bridgehead atoms. The standard InChI is InChI=1S/C16H23N5O4/c1-2-17-7-9-18(10-8-17)14-5-6-19(12-14)15-4-3-13(20(22)23)11-16(15)21(24)25/h3-4,11,14H,2,5-10,12H2,1H3. The number of rotatable bonds is 5. The van der Waals surface area contributed by atoms with Crippen molar-refractivity contribution in [3.05, 3.63) is 38.4 Å². The molecule has 9 heteroatoms. The monoisotopic (exact) mass is 349 g/mol. The highest BCUT2D eigenvalue weighted by Crippen LogP contribution is 2.34. The van der Waals surface area contributed by atoms with Crippen LogP contribution >= 0.6 is 0 Å². The fourth-order valence-electron chi connectivity index (χ4n) is 3.74. The molecule has 3 rings (SSSR count). The van der Waals surface area contributed by atoms with Crippen molar-refractivity contribution in [2.45, 2.75) is 19.4 Å². The van der Waals surface area contributed by atoms with E-state index in [2.05, 4.69) is 16.7 Å².